The molecule has 1 aliphatic heterocycles. The van der Waals surface area contributed by atoms with Crippen LogP contribution in [0.1, 0.15) is 33.6 Å². The lowest BCUT2D eigenvalue weighted by atomic mass is 9.99. The summed E-state index contributed by atoms with van der Waals surface area (Å²) in [5, 5.41) is 3.03. The molecule has 1 fully saturated rings. The molecule has 0 bridgehead atoms. The summed E-state index contributed by atoms with van der Waals surface area (Å²) in [6.07, 6.45) is 2.26. The van der Waals surface area contributed by atoms with Gasteiger partial charge in [0.2, 0.25) is 0 Å². The van der Waals surface area contributed by atoms with Gasteiger partial charge in [-0.1, -0.05) is 6.92 Å². The highest BCUT2D eigenvalue weighted by atomic mass is 16.2. The number of nitrogens with one attached hydrogen (secondary N) is 1. The standard InChI is InChI=1S/C13H27N3O/c1-11-6-8-16(9-7-11)12(17)14-10-13(2,3)15(4)5/h11H,6-10H2,1-5H3,(H,14,17). The Bertz CT molecular complexity index is 255. The molecule has 0 radical (unpaired) electrons. The summed E-state index contributed by atoms with van der Waals surface area (Å²) < 4.78 is 0. The van der Waals surface area contributed by atoms with Gasteiger partial charge in [-0.2, -0.15) is 0 Å². The highest BCUT2D eigenvalue weighted by Crippen LogP contribution is 2.16. The van der Waals surface area contributed by atoms with Crippen molar-refractivity contribution in [1.29, 1.82) is 0 Å². The molecule has 0 aromatic carbocycles. The zero-order valence-electron chi connectivity index (χ0n) is 11.9. The molecule has 4 nitrogen and oxygen atoms in total. The predicted molar refractivity (Wildman–Crippen MR) is 71.1 cm³/mol. The zero-order chi connectivity index (χ0) is 13.1. The molecule has 1 heterocycles. The van der Waals surface area contributed by atoms with Crippen molar-refractivity contribution in [1.82, 2.24) is 15.1 Å². The minimum Gasteiger partial charge on any atom is -0.336 e. The highest BCUT2D eigenvalue weighted by molar-refractivity contribution is 5.74. The number of urea groups is 1. The van der Waals surface area contributed by atoms with Gasteiger partial charge in [-0.25, -0.2) is 4.79 Å². The number of carbonyl (C=O) groups excluding carboxylic acids is 1. The van der Waals surface area contributed by atoms with E-state index in [1.807, 2.05) is 19.0 Å². The SMILES string of the molecule is CC1CCN(C(=O)NCC(C)(C)N(C)C)CC1. The second kappa shape index (κ2) is 5.71. The smallest absolute Gasteiger partial charge is 0.317 e. The maximum absolute atomic E-state index is 12.0. The van der Waals surface area contributed by atoms with Crippen LogP contribution in [0.5, 0.6) is 0 Å². The van der Waals surface area contributed by atoms with E-state index < -0.39 is 0 Å². The van der Waals surface area contributed by atoms with Crippen LogP contribution in [-0.2, 0) is 0 Å². The second-order valence-corrected chi connectivity index (χ2v) is 6.04. The fourth-order valence-electron chi connectivity index (χ4n) is 1.77. The molecule has 0 spiro atoms. The lowest BCUT2D eigenvalue weighted by Gasteiger charge is -2.35. The van der Waals surface area contributed by atoms with Crippen LogP contribution >= 0.6 is 0 Å². The maximum atomic E-state index is 12.0. The molecule has 2 amide bonds. The second-order valence-electron chi connectivity index (χ2n) is 6.04. The molecule has 100 valence electrons. The van der Waals surface area contributed by atoms with Crippen molar-refractivity contribution in [2.75, 3.05) is 33.7 Å². The van der Waals surface area contributed by atoms with Crippen LogP contribution in [0.3, 0.4) is 0 Å². The van der Waals surface area contributed by atoms with Crippen LogP contribution in [0.2, 0.25) is 0 Å². The van der Waals surface area contributed by atoms with E-state index >= 15 is 0 Å². The van der Waals surface area contributed by atoms with Crippen molar-refractivity contribution in [3.05, 3.63) is 0 Å². The van der Waals surface area contributed by atoms with Crippen molar-refractivity contribution in [2.45, 2.75) is 39.2 Å². The van der Waals surface area contributed by atoms with E-state index in [0.29, 0.717) is 6.54 Å². The highest BCUT2D eigenvalue weighted by Gasteiger charge is 2.24. The quantitative estimate of drug-likeness (QED) is 0.817. The fourth-order valence-corrected chi connectivity index (χ4v) is 1.77. The Labute approximate surface area is 105 Å². The van der Waals surface area contributed by atoms with Gasteiger partial charge in [-0.05, 0) is 46.7 Å². The summed E-state index contributed by atoms with van der Waals surface area (Å²) in [7, 11) is 4.07. The summed E-state index contributed by atoms with van der Waals surface area (Å²) in [6.45, 7) is 9.00. The molecule has 1 saturated heterocycles. The fraction of sp³-hybridized carbons (Fsp3) is 0.923. The van der Waals surface area contributed by atoms with Gasteiger partial charge in [0.1, 0.15) is 0 Å². The molecular weight excluding hydrogens is 214 g/mol. The molecule has 1 N–H and O–H groups in total. The van der Waals surface area contributed by atoms with Gasteiger partial charge in [0.25, 0.3) is 0 Å². The number of piperidine rings is 1. The minimum absolute atomic E-state index is 0.00125. The van der Waals surface area contributed by atoms with Crippen molar-refractivity contribution in [3.8, 4) is 0 Å². The van der Waals surface area contributed by atoms with Gasteiger partial charge < -0.3 is 15.1 Å². The van der Waals surface area contributed by atoms with Gasteiger partial charge >= 0.3 is 6.03 Å². The Kier molecular flexibility index (Phi) is 4.80. The summed E-state index contributed by atoms with van der Waals surface area (Å²) in [6, 6.07) is 0.0897. The van der Waals surface area contributed by atoms with E-state index in [-0.39, 0.29) is 11.6 Å². The van der Waals surface area contributed by atoms with Crippen LogP contribution in [0.25, 0.3) is 0 Å². The number of carbonyl (C=O) groups is 1. The largest absolute Gasteiger partial charge is 0.336 e. The maximum Gasteiger partial charge on any atom is 0.317 e. The first-order valence-corrected chi connectivity index (χ1v) is 6.53. The lowest BCUT2D eigenvalue weighted by molar-refractivity contribution is 0.157. The van der Waals surface area contributed by atoms with Crippen molar-refractivity contribution in [2.24, 2.45) is 5.92 Å². The number of likely N-dealkylation sites (N-methyl/N-ethyl adjacent to an activating group) is 1. The number of likely N-dealkylation sites (tertiary alicyclic amines) is 1. The third-order valence-electron chi connectivity index (χ3n) is 3.95. The average molecular weight is 241 g/mol. The van der Waals surface area contributed by atoms with Crippen LogP contribution in [0, 0.1) is 5.92 Å². The van der Waals surface area contributed by atoms with Gasteiger partial charge in [0, 0.05) is 25.2 Å². The molecule has 1 aliphatic rings. The Balaban J connectivity index is 2.35. The molecule has 4 heteroatoms. The first-order valence-electron chi connectivity index (χ1n) is 6.53. The van der Waals surface area contributed by atoms with E-state index in [9.17, 15) is 4.79 Å². The molecule has 1 rings (SSSR count). The first-order chi connectivity index (χ1) is 7.83. The van der Waals surface area contributed by atoms with Crippen LogP contribution in [-0.4, -0.2) is 55.1 Å². The van der Waals surface area contributed by atoms with Crippen molar-refractivity contribution < 1.29 is 4.79 Å². The van der Waals surface area contributed by atoms with E-state index in [0.717, 1.165) is 31.8 Å². The van der Waals surface area contributed by atoms with E-state index in [4.69, 9.17) is 0 Å². The predicted octanol–water partition coefficient (Wildman–Crippen LogP) is 1.77. The normalized spacial score (nSPS) is 18.6. The Hall–Kier alpha value is -0.770. The summed E-state index contributed by atoms with van der Waals surface area (Å²) in [5.41, 5.74) is -0.00125. The molecule has 0 aromatic heterocycles. The third-order valence-corrected chi connectivity index (χ3v) is 3.95. The monoisotopic (exact) mass is 241 g/mol. The molecule has 17 heavy (non-hydrogen) atoms. The number of hydrogen-bond acceptors (Lipinski definition) is 2. The number of amides is 2. The van der Waals surface area contributed by atoms with Gasteiger partial charge in [0.05, 0.1) is 0 Å². The molecule has 0 aromatic rings. The van der Waals surface area contributed by atoms with E-state index in [1.165, 1.54) is 0 Å². The Morgan fingerprint density at radius 3 is 2.35 bits per heavy atom. The summed E-state index contributed by atoms with van der Waals surface area (Å²) in [5.74, 6) is 0.761. The van der Waals surface area contributed by atoms with E-state index in [1.54, 1.807) is 0 Å². The minimum atomic E-state index is -0.00125. The zero-order valence-corrected chi connectivity index (χ0v) is 11.9. The Morgan fingerprint density at radius 1 is 1.35 bits per heavy atom. The van der Waals surface area contributed by atoms with Crippen molar-refractivity contribution >= 4 is 6.03 Å². The number of hydrogen-bond donors (Lipinski definition) is 1. The van der Waals surface area contributed by atoms with Crippen LogP contribution < -0.4 is 5.32 Å². The molecular formula is C13H27N3O. The average Bonchev–Trinajstić information content (AvgIpc) is 2.27. The van der Waals surface area contributed by atoms with Gasteiger partial charge in [-0.3, -0.25) is 0 Å². The summed E-state index contributed by atoms with van der Waals surface area (Å²) >= 11 is 0. The number of nitrogens with zero attached hydrogens (tertiary/aromatic N) is 2. The first kappa shape index (κ1) is 14.3. The topological polar surface area (TPSA) is 35.6 Å². The molecule has 0 aliphatic carbocycles. The van der Waals surface area contributed by atoms with Crippen molar-refractivity contribution in [3.63, 3.8) is 0 Å². The van der Waals surface area contributed by atoms with Crippen LogP contribution in [0.15, 0.2) is 0 Å². The molecule has 0 saturated carbocycles. The lowest BCUT2D eigenvalue weighted by Crippen LogP contribution is -2.52. The third kappa shape index (κ3) is 4.19. The molecule has 0 atom stereocenters. The van der Waals surface area contributed by atoms with Crippen LogP contribution in [0.4, 0.5) is 4.79 Å². The Morgan fingerprint density at radius 2 is 1.88 bits per heavy atom. The van der Waals surface area contributed by atoms with Gasteiger partial charge in [-0.15, -0.1) is 0 Å². The number of rotatable bonds is 3. The molecule has 0 unspecified atom stereocenters. The van der Waals surface area contributed by atoms with E-state index in [2.05, 4.69) is 31.0 Å². The summed E-state index contributed by atoms with van der Waals surface area (Å²) in [4.78, 5) is 16.0. The van der Waals surface area contributed by atoms with Gasteiger partial charge in [0.15, 0.2) is 0 Å².